The zero-order valence-corrected chi connectivity index (χ0v) is 11.4. The lowest BCUT2D eigenvalue weighted by Crippen LogP contribution is -2.19. The molecule has 19 heavy (non-hydrogen) atoms. The number of hydrogen-bond donors (Lipinski definition) is 0. The quantitative estimate of drug-likeness (QED) is 0.604. The molecule has 0 spiro atoms. The molecule has 0 radical (unpaired) electrons. The molecule has 1 rings (SSSR count). The van der Waals surface area contributed by atoms with E-state index in [0.717, 1.165) is 6.21 Å². The predicted molar refractivity (Wildman–Crippen MR) is 66.9 cm³/mol. The van der Waals surface area contributed by atoms with E-state index in [1.54, 1.807) is 20.8 Å². The van der Waals surface area contributed by atoms with Gasteiger partial charge in [0.05, 0.1) is 10.3 Å². The van der Waals surface area contributed by atoms with Crippen molar-refractivity contribution in [2.24, 2.45) is 4.40 Å². The minimum atomic E-state index is -4.56. The van der Waals surface area contributed by atoms with Crippen molar-refractivity contribution in [3.05, 3.63) is 35.1 Å². The number of nitrogens with zero attached hydrogens (tertiary/aromatic N) is 1. The second kappa shape index (κ2) is 5.40. The van der Waals surface area contributed by atoms with Crippen LogP contribution in [0.5, 0.6) is 0 Å². The first-order valence-electron chi connectivity index (χ1n) is 5.34. The van der Waals surface area contributed by atoms with E-state index >= 15 is 0 Å². The zero-order chi connectivity index (χ0) is 14.8. The van der Waals surface area contributed by atoms with Gasteiger partial charge in [-0.1, -0.05) is 0 Å². The van der Waals surface area contributed by atoms with Crippen LogP contribution in [0.15, 0.2) is 22.6 Å². The van der Waals surface area contributed by atoms with E-state index in [4.69, 9.17) is 0 Å². The summed E-state index contributed by atoms with van der Waals surface area (Å²) in [7, 11) is -1.65. The Balaban J connectivity index is 3.08. The number of halogens is 4. The minimum Gasteiger partial charge on any atom is -0.234 e. The lowest BCUT2D eigenvalue weighted by atomic mass is 10.1. The maximum Gasteiger partial charge on any atom is 0.416 e. The summed E-state index contributed by atoms with van der Waals surface area (Å²) in [4.78, 5) is 0. The summed E-state index contributed by atoms with van der Waals surface area (Å²) in [6, 6.07) is 2.00. The van der Waals surface area contributed by atoms with Crippen LogP contribution in [-0.4, -0.2) is 15.2 Å². The Labute approximate surface area is 111 Å². The van der Waals surface area contributed by atoms with Crippen molar-refractivity contribution in [2.45, 2.75) is 31.7 Å². The van der Waals surface area contributed by atoms with Gasteiger partial charge in [-0.3, -0.25) is 0 Å². The van der Waals surface area contributed by atoms with Crippen molar-refractivity contribution in [2.75, 3.05) is 0 Å². The van der Waals surface area contributed by atoms with Crippen LogP contribution >= 0.6 is 0 Å². The summed E-state index contributed by atoms with van der Waals surface area (Å²) in [5, 5.41) is 0. The van der Waals surface area contributed by atoms with Crippen LogP contribution in [0.25, 0.3) is 0 Å². The Morgan fingerprint density at radius 2 is 1.79 bits per heavy atom. The molecule has 0 aliphatic rings. The third-order valence-corrected chi connectivity index (χ3v) is 3.48. The second-order valence-corrected chi connectivity index (χ2v) is 6.76. The molecular weight excluding hydrogens is 282 g/mol. The molecular formula is C12H13F4NOS. The fraction of sp³-hybridized carbons (Fsp3) is 0.417. The maximum atomic E-state index is 13.3. The van der Waals surface area contributed by atoms with Crippen LogP contribution in [0.2, 0.25) is 0 Å². The molecule has 0 bridgehead atoms. The molecule has 0 aliphatic heterocycles. The van der Waals surface area contributed by atoms with Crippen LogP contribution < -0.4 is 0 Å². The number of benzene rings is 1. The van der Waals surface area contributed by atoms with Crippen molar-refractivity contribution in [3.8, 4) is 0 Å². The fourth-order valence-corrected chi connectivity index (χ4v) is 1.61. The molecule has 0 aliphatic carbocycles. The molecule has 1 atom stereocenters. The predicted octanol–water partition coefficient (Wildman–Crippen LogP) is 3.73. The third-order valence-electron chi connectivity index (χ3n) is 2.13. The van der Waals surface area contributed by atoms with E-state index in [9.17, 15) is 21.8 Å². The maximum absolute atomic E-state index is 13.3. The SMILES string of the molecule is CC(C)(C)[S@](=O)N=Cc1cc(C(F)(F)F)ccc1F. The van der Waals surface area contributed by atoms with Crippen LogP contribution in [0.4, 0.5) is 17.6 Å². The summed E-state index contributed by atoms with van der Waals surface area (Å²) in [6.45, 7) is 4.97. The molecule has 0 saturated heterocycles. The summed E-state index contributed by atoms with van der Waals surface area (Å²) >= 11 is 0. The van der Waals surface area contributed by atoms with Gasteiger partial charge in [0, 0.05) is 11.8 Å². The summed E-state index contributed by atoms with van der Waals surface area (Å²) in [5.41, 5.74) is -1.32. The van der Waals surface area contributed by atoms with Gasteiger partial charge < -0.3 is 0 Å². The van der Waals surface area contributed by atoms with Crippen molar-refractivity contribution in [3.63, 3.8) is 0 Å². The van der Waals surface area contributed by atoms with Gasteiger partial charge in [-0.25, -0.2) is 8.60 Å². The van der Waals surface area contributed by atoms with Gasteiger partial charge in [0.15, 0.2) is 0 Å². The van der Waals surface area contributed by atoms with E-state index in [1.165, 1.54) is 0 Å². The van der Waals surface area contributed by atoms with Gasteiger partial charge in [0.1, 0.15) is 16.8 Å². The smallest absolute Gasteiger partial charge is 0.234 e. The fourth-order valence-electron chi connectivity index (χ4n) is 1.08. The number of hydrogen-bond acceptors (Lipinski definition) is 1. The van der Waals surface area contributed by atoms with Crippen molar-refractivity contribution < 1.29 is 21.8 Å². The third kappa shape index (κ3) is 4.41. The molecule has 2 nitrogen and oxygen atoms in total. The molecule has 0 unspecified atom stereocenters. The lowest BCUT2D eigenvalue weighted by molar-refractivity contribution is -0.137. The standard InChI is InChI=1S/C12H13F4NOS/c1-11(2,3)19(18)17-7-8-6-9(12(14,15)16)4-5-10(8)13/h4-7H,1-3H3/t19-/m0/s1. The van der Waals surface area contributed by atoms with Crippen LogP contribution in [0.1, 0.15) is 31.9 Å². The van der Waals surface area contributed by atoms with E-state index in [2.05, 4.69) is 4.40 Å². The number of alkyl halides is 3. The van der Waals surface area contributed by atoms with Crippen LogP contribution in [0, 0.1) is 5.82 Å². The molecule has 106 valence electrons. The summed E-state index contributed by atoms with van der Waals surface area (Å²) in [5.74, 6) is -0.845. The largest absolute Gasteiger partial charge is 0.416 e. The topological polar surface area (TPSA) is 29.4 Å². The van der Waals surface area contributed by atoms with Gasteiger partial charge >= 0.3 is 6.18 Å². The van der Waals surface area contributed by atoms with Crippen molar-refractivity contribution in [1.82, 2.24) is 0 Å². The molecule has 0 aromatic heterocycles. The Morgan fingerprint density at radius 1 is 1.21 bits per heavy atom. The zero-order valence-electron chi connectivity index (χ0n) is 10.6. The lowest BCUT2D eigenvalue weighted by Gasteiger charge is -2.13. The van der Waals surface area contributed by atoms with Crippen molar-refractivity contribution >= 4 is 17.2 Å². The van der Waals surface area contributed by atoms with E-state index in [1.807, 2.05) is 0 Å². The highest BCUT2D eigenvalue weighted by Gasteiger charge is 2.31. The molecule has 0 amide bonds. The van der Waals surface area contributed by atoms with Crippen LogP contribution in [-0.2, 0) is 17.2 Å². The monoisotopic (exact) mass is 295 g/mol. The second-order valence-electron chi connectivity index (χ2n) is 4.83. The summed E-state index contributed by atoms with van der Waals surface area (Å²) < 4.78 is 65.3. The highest BCUT2D eigenvalue weighted by Crippen LogP contribution is 2.30. The Kier molecular flexibility index (Phi) is 4.50. The molecule has 0 N–H and O–H groups in total. The normalized spacial score (nSPS) is 14.9. The molecule has 0 saturated carbocycles. The van der Waals surface area contributed by atoms with Crippen molar-refractivity contribution in [1.29, 1.82) is 0 Å². The number of rotatable bonds is 2. The molecule has 1 aromatic carbocycles. The highest BCUT2D eigenvalue weighted by molar-refractivity contribution is 7.85. The van der Waals surface area contributed by atoms with Gasteiger partial charge in [-0.05, 0) is 39.0 Å². The molecule has 0 heterocycles. The molecule has 1 aromatic rings. The average Bonchev–Trinajstić information content (AvgIpc) is 2.24. The van der Waals surface area contributed by atoms with Gasteiger partial charge in [0.2, 0.25) is 0 Å². The Bertz CT molecular complexity index is 517. The Morgan fingerprint density at radius 3 is 2.26 bits per heavy atom. The van der Waals surface area contributed by atoms with Crippen LogP contribution in [0.3, 0.4) is 0 Å². The van der Waals surface area contributed by atoms with Gasteiger partial charge in [0.25, 0.3) is 0 Å². The first-order valence-corrected chi connectivity index (χ1v) is 6.45. The highest BCUT2D eigenvalue weighted by atomic mass is 32.2. The molecule has 0 fully saturated rings. The van der Waals surface area contributed by atoms with Gasteiger partial charge in [-0.2, -0.15) is 17.6 Å². The average molecular weight is 295 g/mol. The van der Waals surface area contributed by atoms with E-state index in [0.29, 0.717) is 18.2 Å². The van der Waals surface area contributed by atoms with Gasteiger partial charge in [-0.15, -0.1) is 0 Å². The first-order chi connectivity index (χ1) is 8.51. The van der Waals surface area contributed by atoms with E-state index in [-0.39, 0.29) is 5.56 Å². The first kappa shape index (κ1) is 15.8. The van der Waals surface area contributed by atoms with E-state index < -0.39 is 33.3 Å². The molecule has 7 heteroatoms. The Hall–Kier alpha value is -1.24. The summed E-state index contributed by atoms with van der Waals surface area (Å²) in [6.07, 6.45) is -3.69. The minimum absolute atomic E-state index is 0.340.